The molecule has 0 aliphatic rings. The molecule has 3 aromatic rings. The van der Waals surface area contributed by atoms with Crippen LogP contribution in [0.4, 0.5) is 18.9 Å². The maximum atomic E-state index is 12.9. The molecule has 0 saturated heterocycles. The molecular formula is C19H20ClF3N6O. The standard InChI is InChI=1S/C19H20ClF3N6O/c1-10(2)16-15(9-24-29(16)14-7-5-13(20)6-8-14)26-17(30)11(3)28-12(4)25-18(27-28)19(21,22)23/h5-11H,1-4H3,(H,26,30). The Morgan fingerprint density at radius 2 is 1.80 bits per heavy atom. The molecule has 30 heavy (non-hydrogen) atoms. The number of nitrogens with one attached hydrogen (secondary N) is 1. The van der Waals surface area contributed by atoms with E-state index in [4.69, 9.17) is 11.6 Å². The van der Waals surface area contributed by atoms with Gasteiger partial charge in [-0.1, -0.05) is 25.4 Å². The molecule has 160 valence electrons. The van der Waals surface area contributed by atoms with Crippen molar-refractivity contribution in [3.05, 3.63) is 52.8 Å². The zero-order chi connectivity index (χ0) is 22.2. The van der Waals surface area contributed by atoms with Crippen LogP contribution in [0.3, 0.4) is 0 Å². The zero-order valence-electron chi connectivity index (χ0n) is 16.7. The quantitative estimate of drug-likeness (QED) is 0.620. The third kappa shape index (κ3) is 4.33. The van der Waals surface area contributed by atoms with Gasteiger partial charge in [0, 0.05) is 5.02 Å². The van der Waals surface area contributed by atoms with E-state index in [1.54, 1.807) is 28.9 Å². The molecule has 1 atom stereocenters. The molecule has 11 heteroatoms. The summed E-state index contributed by atoms with van der Waals surface area (Å²) in [6.07, 6.45) is -3.18. The number of nitrogens with zero attached hydrogens (tertiary/aromatic N) is 5. The summed E-state index contributed by atoms with van der Waals surface area (Å²) in [4.78, 5) is 16.2. The smallest absolute Gasteiger partial charge is 0.321 e. The number of hydrogen-bond acceptors (Lipinski definition) is 4. The number of benzene rings is 1. The summed E-state index contributed by atoms with van der Waals surface area (Å²) in [5.41, 5.74) is 1.97. The molecule has 1 amide bonds. The molecule has 1 aromatic carbocycles. The Hall–Kier alpha value is -2.88. The maximum absolute atomic E-state index is 12.9. The van der Waals surface area contributed by atoms with E-state index in [0.717, 1.165) is 16.1 Å². The summed E-state index contributed by atoms with van der Waals surface area (Å²) in [6, 6.07) is 6.05. The van der Waals surface area contributed by atoms with Crippen molar-refractivity contribution in [2.24, 2.45) is 0 Å². The Morgan fingerprint density at radius 1 is 1.17 bits per heavy atom. The van der Waals surface area contributed by atoms with Crippen LogP contribution in [0.5, 0.6) is 0 Å². The van der Waals surface area contributed by atoms with Gasteiger partial charge in [-0.15, -0.1) is 5.10 Å². The van der Waals surface area contributed by atoms with Crippen LogP contribution < -0.4 is 5.32 Å². The summed E-state index contributed by atoms with van der Waals surface area (Å²) >= 11 is 5.94. The Morgan fingerprint density at radius 3 is 2.33 bits per heavy atom. The number of hydrogen-bond donors (Lipinski definition) is 1. The molecule has 3 rings (SSSR count). The minimum atomic E-state index is -4.68. The van der Waals surface area contributed by atoms with E-state index in [-0.39, 0.29) is 11.7 Å². The van der Waals surface area contributed by atoms with Crippen molar-refractivity contribution in [3.63, 3.8) is 0 Å². The van der Waals surface area contributed by atoms with Crippen LogP contribution in [0.2, 0.25) is 5.02 Å². The first-order valence-electron chi connectivity index (χ1n) is 9.14. The summed E-state index contributed by atoms with van der Waals surface area (Å²) in [5.74, 6) is -1.82. The number of amides is 1. The molecule has 1 unspecified atom stereocenters. The Labute approximate surface area is 175 Å². The van der Waals surface area contributed by atoms with Gasteiger partial charge in [-0.05, 0) is 44.0 Å². The van der Waals surface area contributed by atoms with Gasteiger partial charge in [0.2, 0.25) is 5.91 Å². The highest BCUT2D eigenvalue weighted by molar-refractivity contribution is 6.30. The number of carbonyl (C=O) groups excluding carboxylic acids is 1. The number of alkyl halides is 3. The van der Waals surface area contributed by atoms with Crippen LogP contribution in [-0.4, -0.2) is 30.5 Å². The van der Waals surface area contributed by atoms with Crippen molar-refractivity contribution in [3.8, 4) is 5.69 Å². The van der Waals surface area contributed by atoms with Crippen molar-refractivity contribution in [1.82, 2.24) is 24.5 Å². The van der Waals surface area contributed by atoms with Crippen molar-refractivity contribution < 1.29 is 18.0 Å². The van der Waals surface area contributed by atoms with E-state index in [2.05, 4.69) is 20.5 Å². The maximum Gasteiger partial charge on any atom is 0.453 e. The van der Waals surface area contributed by atoms with E-state index in [0.29, 0.717) is 10.7 Å². The summed E-state index contributed by atoms with van der Waals surface area (Å²) in [7, 11) is 0. The second kappa shape index (κ2) is 8.10. The first kappa shape index (κ1) is 21.8. The first-order chi connectivity index (χ1) is 14.0. The minimum absolute atomic E-state index is 0.00118. The fraction of sp³-hybridized carbons (Fsp3) is 0.368. The van der Waals surface area contributed by atoms with Crippen LogP contribution in [0, 0.1) is 6.92 Å². The highest BCUT2D eigenvalue weighted by atomic mass is 35.5. The second-order valence-corrected chi connectivity index (χ2v) is 7.51. The summed E-state index contributed by atoms with van der Waals surface area (Å²) in [5, 5.41) is 11.1. The molecule has 0 aliphatic carbocycles. The monoisotopic (exact) mass is 440 g/mol. The Bertz CT molecular complexity index is 1060. The van der Waals surface area contributed by atoms with Crippen LogP contribution in [0.15, 0.2) is 30.5 Å². The topological polar surface area (TPSA) is 77.6 Å². The highest BCUT2D eigenvalue weighted by Gasteiger charge is 2.37. The van der Waals surface area contributed by atoms with Gasteiger partial charge < -0.3 is 5.32 Å². The number of aryl methyl sites for hydroxylation is 1. The number of halogens is 4. The largest absolute Gasteiger partial charge is 0.453 e. The van der Waals surface area contributed by atoms with Gasteiger partial charge in [0.25, 0.3) is 5.82 Å². The second-order valence-electron chi connectivity index (χ2n) is 7.08. The molecule has 0 saturated carbocycles. The van der Waals surface area contributed by atoms with Crippen LogP contribution >= 0.6 is 11.6 Å². The number of rotatable bonds is 5. The predicted molar refractivity (Wildman–Crippen MR) is 106 cm³/mol. The number of carbonyl (C=O) groups is 1. The molecular weight excluding hydrogens is 421 g/mol. The molecule has 0 radical (unpaired) electrons. The first-order valence-corrected chi connectivity index (χ1v) is 9.52. The van der Waals surface area contributed by atoms with Crippen molar-refractivity contribution >= 4 is 23.2 Å². The lowest BCUT2D eigenvalue weighted by molar-refractivity contribution is -0.145. The van der Waals surface area contributed by atoms with Gasteiger partial charge in [-0.3, -0.25) is 4.79 Å². The summed E-state index contributed by atoms with van der Waals surface area (Å²) in [6.45, 7) is 6.71. The normalized spacial score (nSPS) is 13.0. The van der Waals surface area contributed by atoms with Crippen LogP contribution in [0.1, 0.15) is 50.1 Å². The fourth-order valence-corrected chi connectivity index (χ4v) is 3.16. The highest BCUT2D eigenvalue weighted by Crippen LogP contribution is 2.29. The third-order valence-electron chi connectivity index (χ3n) is 4.48. The predicted octanol–water partition coefficient (Wildman–Crippen LogP) is 4.77. The zero-order valence-corrected chi connectivity index (χ0v) is 17.5. The van der Waals surface area contributed by atoms with E-state index in [1.807, 2.05) is 13.8 Å². The van der Waals surface area contributed by atoms with Gasteiger partial charge in [-0.25, -0.2) is 14.3 Å². The molecule has 0 spiro atoms. The number of anilines is 1. The van der Waals surface area contributed by atoms with Crippen molar-refractivity contribution in [1.29, 1.82) is 0 Å². The van der Waals surface area contributed by atoms with Gasteiger partial charge >= 0.3 is 6.18 Å². The van der Waals surface area contributed by atoms with Gasteiger partial charge in [0.1, 0.15) is 11.9 Å². The van der Waals surface area contributed by atoms with E-state index in [9.17, 15) is 18.0 Å². The van der Waals surface area contributed by atoms with Crippen LogP contribution in [-0.2, 0) is 11.0 Å². The molecule has 0 aliphatic heterocycles. The van der Waals surface area contributed by atoms with E-state index in [1.165, 1.54) is 20.0 Å². The average molecular weight is 441 g/mol. The molecule has 2 aromatic heterocycles. The molecule has 0 bridgehead atoms. The Kier molecular flexibility index (Phi) is 5.89. The lowest BCUT2D eigenvalue weighted by Gasteiger charge is -2.16. The number of aromatic nitrogens is 5. The van der Waals surface area contributed by atoms with Crippen molar-refractivity contribution in [2.75, 3.05) is 5.32 Å². The van der Waals surface area contributed by atoms with Crippen LogP contribution in [0.25, 0.3) is 5.69 Å². The molecule has 7 nitrogen and oxygen atoms in total. The fourth-order valence-electron chi connectivity index (χ4n) is 3.03. The lowest BCUT2D eigenvalue weighted by atomic mass is 10.1. The Balaban J connectivity index is 1.88. The van der Waals surface area contributed by atoms with Gasteiger partial charge in [0.05, 0.1) is 23.3 Å². The van der Waals surface area contributed by atoms with Crippen molar-refractivity contribution in [2.45, 2.75) is 45.8 Å². The summed E-state index contributed by atoms with van der Waals surface area (Å²) < 4.78 is 41.2. The molecule has 0 fully saturated rings. The van der Waals surface area contributed by atoms with E-state index < -0.39 is 23.9 Å². The lowest BCUT2D eigenvalue weighted by Crippen LogP contribution is -2.26. The van der Waals surface area contributed by atoms with Gasteiger partial charge in [-0.2, -0.15) is 18.3 Å². The molecule has 2 heterocycles. The molecule has 1 N–H and O–H groups in total. The SMILES string of the molecule is Cc1nc(C(F)(F)F)nn1C(C)C(=O)Nc1cnn(-c2ccc(Cl)cc2)c1C(C)C. The minimum Gasteiger partial charge on any atom is -0.321 e. The average Bonchev–Trinajstić information content (AvgIpc) is 3.25. The van der Waals surface area contributed by atoms with E-state index >= 15 is 0 Å². The third-order valence-corrected chi connectivity index (χ3v) is 4.74. The van der Waals surface area contributed by atoms with Gasteiger partial charge in [0.15, 0.2) is 0 Å².